The van der Waals surface area contributed by atoms with Gasteiger partial charge in [-0.1, -0.05) is 34.1 Å². The first-order valence-corrected chi connectivity index (χ1v) is 12.7. The van der Waals surface area contributed by atoms with Crippen LogP contribution in [0.4, 0.5) is 13.2 Å². The molecule has 7 nitrogen and oxygen atoms in total. The van der Waals surface area contributed by atoms with Crippen LogP contribution in [0.5, 0.6) is 5.75 Å². The van der Waals surface area contributed by atoms with Gasteiger partial charge in [0.25, 0.3) is 0 Å². The third-order valence-corrected chi connectivity index (χ3v) is 8.40. The number of aromatic amines is 1. The number of nitrogens with zero attached hydrogens (tertiary/aromatic N) is 1. The molecule has 0 radical (unpaired) electrons. The van der Waals surface area contributed by atoms with Crippen molar-refractivity contribution in [1.29, 1.82) is 0 Å². The van der Waals surface area contributed by atoms with Crippen molar-refractivity contribution in [3.8, 4) is 5.75 Å². The maximum atomic E-state index is 13.9. The van der Waals surface area contributed by atoms with E-state index in [9.17, 15) is 22.8 Å². The number of nitrogens with one attached hydrogen (secondary N) is 1. The molecule has 1 aromatic heterocycles. The zero-order valence-electron chi connectivity index (χ0n) is 21.7. The summed E-state index contributed by atoms with van der Waals surface area (Å²) >= 11 is 0. The molecule has 202 valence electrons. The van der Waals surface area contributed by atoms with Gasteiger partial charge in [0, 0.05) is 39.9 Å². The summed E-state index contributed by atoms with van der Waals surface area (Å²) in [5, 5.41) is 0.727. The van der Waals surface area contributed by atoms with Crippen LogP contribution in [0.3, 0.4) is 0 Å². The number of aromatic nitrogens is 1. The van der Waals surface area contributed by atoms with Crippen molar-refractivity contribution in [2.45, 2.75) is 83.8 Å². The van der Waals surface area contributed by atoms with E-state index in [1.807, 2.05) is 6.07 Å². The van der Waals surface area contributed by atoms with E-state index in [0.29, 0.717) is 23.4 Å². The van der Waals surface area contributed by atoms with Crippen LogP contribution < -0.4 is 4.74 Å². The summed E-state index contributed by atoms with van der Waals surface area (Å²) in [6.45, 7) is 8.59. The number of ether oxygens (including phenoxy) is 3. The third kappa shape index (κ3) is 4.27. The van der Waals surface area contributed by atoms with Gasteiger partial charge in [-0.25, -0.2) is 14.5 Å². The average Bonchev–Trinajstić information content (AvgIpc) is 3.32. The van der Waals surface area contributed by atoms with E-state index >= 15 is 0 Å². The van der Waals surface area contributed by atoms with Crippen LogP contribution in [-0.2, 0) is 19.1 Å². The molecule has 2 bridgehead atoms. The smallest absolute Gasteiger partial charge is 0.490 e. The van der Waals surface area contributed by atoms with Gasteiger partial charge in [0.15, 0.2) is 12.3 Å². The molecule has 1 N–H and O–H groups in total. The molecule has 1 aliphatic carbocycles. The zero-order valence-corrected chi connectivity index (χ0v) is 21.7. The molecule has 10 heteroatoms. The molecule has 0 spiro atoms. The lowest BCUT2D eigenvalue weighted by atomic mass is 9.63. The Bertz CT molecular complexity index is 1220. The summed E-state index contributed by atoms with van der Waals surface area (Å²) in [5.41, 5.74) is 1.43. The number of methoxy groups -OCH3 is 1. The predicted molar refractivity (Wildman–Crippen MR) is 129 cm³/mol. The molecule has 0 amide bonds. The normalized spacial score (nSPS) is 28.5. The highest BCUT2D eigenvalue weighted by molar-refractivity contribution is 5.90. The van der Waals surface area contributed by atoms with Crippen molar-refractivity contribution in [1.82, 2.24) is 9.88 Å². The van der Waals surface area contributed by atoms with Crippen LogP contribution in [0.2, 0.25) is 0 Å². The number of hydrogen-bond acceptors (Lipinski definition) is 6. The molecule has 3 aliphatic rings. The fraction of sp³-hybridized carbons (Fsp3) is 0.630. The molecule has 1 saturated heterocycles. The monoisotopic (exact) mass is 522 g/mol. The molecule has 2 fully saturated rings. The Morgan fingerprint density at radius 2 is 1.76 bits per heavy atom. The van der Waals surface area contributed by atoms with Gasteiger partial charge >= 0.3 is 18.1 Å². The highest BCUT2D eigenvalue weighted by atomic mass is 19.4. The van der Waals surface area contributed by atoms with E-state index in [4.69, 9.17) is 14.2 Å². The lowest BCUT2D eigenvalue weighted by molar-refractivity contribution is -0.216. The Kier molecular flexibility index (Phi) is 6.05. The van der Waals surface area contributed by atoms with Crippen molar-refractivity contribution >= 4 is 22.8 Å². The summed E-state index contributed by atoms with van der Waals surface area (Å²) in [6, 6.07) is 4.33. The Balaban J connectivity index is 1.59. The maximum Gasteiger partial charge on any atom is 0.490 e. The average molecular weight is 523 g/mol. The van der Waals surface area contributed by atoms with Gasteiger partial charge in [-0.3, -0.25) is 0 Å². The number of H-pyrrole nitrogens is 1. The van der Waals surface area contributed by atoms with Gasteiger partial charge in [0.05, 0.1) is 7.11 Å². The molecular weight excluding hydrogens is 489 g/mol. The van der Waals surface area contributed by atoms with E-state index in [1.165, 1.54) is 12.0 Å². The highest BCUT2D eigenvalue weighted by Gasteiger charge is 2.56. The van der Waals surface area contributed by atoms with Crippen molar-refractivity contribution in [2.24, 2.45) is 10.8 Å². The molecule has 3 heterocycles. The Hall–Kier alpha value is -2.75. The van der Waals surface area contributed by atoms with Gasteiger partial charge < -0.3 is 19.2 Å². The van der Waals surface area contributed by atoms with E-state index in [-0.39, 0.29) is 23.5 Å². The summed E-state index contributed by atoms with van der Waals surface area (Å²) < 4.78 is 56.2. The van der Waals surface area contributed by atoms with Crippen LogP contribution in [0.25, 0.3) is 10.9 Å². The number of hydrogen-bond donors (Lipinski definition) is 1. The van der Waals surface area contributed by atoms with Crippen LogP contribution in [-0.4, -0.2) is 54.0 Å². The molecule has 37 heavy (non-hydrogen) atoms. The molecule has 1 saturated carbocycles. The lowest BCUT2D eigenvalue weighted by Gasteiger charge is -2.49. The minimum absolute atomic E-state index is 0.265. The molecule has 2 aromatic rings. The van der Waals surface area contributed by atoms with E-state index < -0.39 is 36.3 Å². The quantitative estimate of drug-likeness (QED) is 0.527. The molecular formula is C27H33F3N2O5. The van der Waals surface area contributed by atoms with Crippen molar-refractivity contribution in [3.63, 3.8) is 0 Å². The van der Waals surface area contributed by atoms with Gasteiger partial charge in [-0.15, -0.1) is 0 Å². The first-order chi connectivity index (χ1) is 17.2. The Morgan fingerprint density at radius 3 is 2.38 bits per heavy atom. The topological polar surface area (TPSA) is 80.9 Å². The number of alkyl halides is 3. The summed E-state index contributed by atoms with van der Waals surface area (Å²) in [7, 11) is 1.53. The highest BCUT2D eigenvalue weighted by Crippen LogP contribution is 2.53. The van der Waals surface area contributed by atoms with E-state index in [0.717, 1.165) is 30.2 Å². The van der Waals surface area contributed by atoms with Crippen LogP contribution in [0.1, 0.15) is 76.6 Å². The molecule has 2 aliphatic heterocycles. The Morgan fingerprint density at radius 1 is 1.08 bits per heavy atom. The van der Waals surface area contributed by atoms with Crippen molar-refractivity contribution in [2.75, 3.05) is 13.7 Å². The number of fused-ring (bicyclic) bond motifs is 6. The molecule has 4 atom stereocenters. The Labute approximate surface area is 213 Å². The van der Waals surface area contributed by atoms with Gasteiger partial charge in [0.2, 0.25) is 0 Å². The number of rotatable bonds is 4. The first-order valence-electron chi connectivity index (χ1n) is 12.7. The van der Waals surface area contributed by atoms with Crippen molar-refractivity contribution < 1.29 is 37.0 Å². The summed E-state index contributed by atoms with van der Waals surface area (Å²) in [5.74, 6) is -2.78. The lowest BCUT2D eigenvalue weighted by Crippen LogP contribution is -2.51. The second kappa shape index (κ2) is 8.64. The standard InChI is InChI=1S/C27H33F3N2O5/c1-25(2)10-6-11-26(3,4)23(25)37-22(33)20-19-18(16-13-14(35-5)7-8-17(16)31-19)15-9-12-32(20)21(15)36-24(34)27(28,29)30/h7-8,13,15,20-21,23,31H,6,9-12H2,1-5H3. The fourth-order valence-corrected chi connectivity index (χ4v) is 6.87. The second-order valence-electron chi connectivity index (χ2n) is 11.8. The third-order valence-electron chi connectivity index (χ3n) is 8.40. The van der Waals surface area contributed by atoms with Crippen LogP contribution >= 0.6 is 0 Å². The minimum Gasteiger partial charge on any atom is -0.497 e. The van der Waals surface area contributed by atoms with E-state index in [2.05, 4.69) is 32.7 Å². The maximum absolute atomic E-state index is 13.9. The zero-order chi connectivity index (χ0) is 26.9. The molecule has 1 aromatic carbocycles. The predicted octanol–water partition coefficient (Wildman–Crippen LogP) is 5.60. The summed E-state index contributed by atoms with van der Waals surface area (Å²) in [6.07, 6.45) is -3.52. The number of benzene rings is 1. The largest absolute Gasteiger partial charge is 0.497 e. The van der Waals surface area contributed by atoms with Crippen LogP contribution in [0.15, 0.2) is 18.2 Å². The minimum atomic E-state index is -5.14. The summed E-state index contributed by atoms with van der Waals surface area (Å²) in [4.78, 5) is 30.7. The number of halogens is 3. The fourth-order valence-electron chi connectivity index (χ4n) is 6.87. The SMILES string of the molecule is COc1ccc2[nH]c3c(c2c1)C1CCN(C3C(=O)OC2C(C)(C)CCCC2(C)C)C1OC(=O)C(F)(F)F. The molecule has 5 rings (SSSR count). The van der Waals surface area contributed by atoms with Crippen molar-refractivity contribution in [3.05, 3.63) is 29.5 Å². The second-order valence-corrected chi connectivity index (χ2v) is 11.8. The van der Waals surface area contributed by atoms with Gasteiger partial charge in [-0.2, -0.15) is 13.2 Å². The van der Waals surface area contributed by atoms with Gasteiger partial charge in [0.1, 0.15) is 11.9 Å². The number of esters is 2. The van der Waals surface area contributed by atoms with Gasteiger partial charge in [-0.05, 0) is 43.0 Å². The number of carbonyl (C=O) groups is 2. The van der Waals surface area contributed by atoms with E-state index in [1.54, 1.807) is 12.1 Å². The number of carbonyl (C=O) groups excluding carboxylic acids is 2. The van der Waals surface area contributed by atoms with Crippen LogP contribution in [0, 0.1) is 10.8 Å². The molecule has 4 unspecified atom stereocenters. The first kappa shape index (κ1) is 25.9.